The van der Waals surface area contributed by atoms with E-state index in [0.717, 1.165) is 0 Å². The van der Waals surface area contributed by atoms with E-state index in [2.05, 4.69) is 25.9 Å². The summed E-state index contributed by atoms with van der Waals surface area (Å²) in [6.07, 6.45) is 0.178. The van der Waals surface area contributed by atoms with Crippen LogP contribution in [-0.2, 0) is 13.3 Å². The zero-order chi connectivity index (χ0) is 16.2. The number of hydrogen-bond donors (Lipinski definition) is 1. The quantitative estimate of drug-likeness (QED) is 0.521. The average molecular weight is 205 g/mol. The molecule has 0 amide bonds. The molecule has 0 aromatic carbocycles. The first-order chi connectivity index (χ1) is 8.68. The standard InChI is InChI=1S/C6H16O3SSi/c1-7-11(8-2,9-3)6-4-5-10/h10H,4-6H2,1-3H3/i1D3,2D3,3D3. The molecule has 0 aromatic heterocycles. The van der Waals surface area contributed by atoms with Crippen molar-refractivity contribution in [1.29, 1.82) is 0 Å². The van der Waals surface area contributed by atoms with Crippen LogP contribution < -0.4 is 0 Å². The highest BCUT2D eigenvalue weighted by Crippen LogP contribution is 2.14. The van der Waals surface area contributed by atoms with Gasteiger partial charge < -0.3 is 13.3 Å². The van der Waals surface area contributed by atoms with Crippen molar-refractivity contribution >= 4 is 21.4 Å². The molecule has 0 N–H and O–H groups in total. The Labute approximate surface area is 87.5 Å². The van der Waals surface area contributed by atoms with Crippen molar-refractivity contribution in [1.82, 2.24) is 0 Å². The summed E-state index contributed by atoms with van der Waals surface area (Å²) >= 11 is 3.90. The van der Waals surface area contributed by atoms with Gasteiger partial charge in [0.25, 0.3) is 0 Å². The summed E-state index contributed by atoms with van der Waals surface area (Å²) in [5, 5.41) is 0. The molecule has 0 spiro atoms. The van der Waals surface area contributed by atoms with Gasteiger partial charge in [0.15, 0.2) is 0 Å². The second-order valence-electron chi connectivity index (χ2n) is 1.82. The van der Waals surface area contributed by atoms with E-state index in [0.29, 0.717) is 0 Å². The van der Waals surface area contributed by atoms with Gasteiger partial charge in [-0.15, -0.1) is 0 Å². The van der Waals surface area contributed by atoms with Gasteiger partial charge >= 0.3 is 8.80 Å². The zero-order valence-electron chi connectivity index (χ0n) is 14.8. The minimum atomic E-state index is -4.46. The Bertz CT molecular complexity index is 261. The van der Waals surface area contributed by atoms with Crippen molar-refractivity contribution in [2.45, 2.75) is 12.5 Å². The molecule has 0 aliphatic carbocycles. The molecule has 0 heterocycles. The number of thiol groups is 1. The van der Waals surface area contributed by atoms with Crippen LogP contribution >= 0.6 is 12.6 Å². The SMILES string of the molecule is [2H]C([2H])([2H])O[Si](CCCS)(OC([2H])([2H])[2H])OC([2H])([2H])[2H]. The molecule has 0 rings (SSSR count). The smallest absolute Gasteiger partial charge is 0.377 e. The Morgan fingerprint density at radius 2 is 1.82 bits per heavy atom. The Morgan fingerprint density at radius 1 is 1.27 bits per heavy atom. The van der Waals surface area contributed by atoms with Crippen LogP contribution in [-0.4, -0.2) is 35.7 Å². The topological polar surface area (TPSA) is 27.7 Å². The summed E-state index contributed by atoms with van der Waals surface area (Å²) in [5.74, 6) is 0.258. The van der Waals surface area contributed by atoms with E-state index in [1.165, 1.54) is 0 Å². The first kappa shape index (κ1) is 3.30. The molecule has 68 valence electrons. The molecule has 0 saturated heterocycles. The summed E-state index contributed by atoms with van der Waals surface area (Å²) in [6, 6.07) is -0.286. The Morgan fingerprint density at radius 3 is 2.18 bits per heavy atom. The maximum absolute atomic E-state index is 7.04. The van der Waals surface area contributed by atoms with Gasteiger partial charge in [0, 0.05) is 27.2 Å². The van der Waals surface area contributed by atoms with E-state index >= 15 is 0 Å². The predicted octanol–water partition coefficient (Wildman–Crippen LogP) is 1.18. The summed E-state index contributed by atoms with van der Waals surface area (Å²) in [6.45, 7) is 0. The highest BCUT2D eigenvalue weighted by Gasteiger charge is 2.36. The summed E-state index contributed by atoms with van der Waals surface area (Å²) < 4.78 is 77.2. The van der Waals surface area contributed by atoms with Crippen LogP contribution in [0.1, 0.15) is 18.8 Å². The Kier molecular flexibility index (Phi) is 1.81. The van der Waals surface area contributed by atoms with Gasteiger partial charge in [-0.1, -0.05) is 0 Å². The minimum Gasteiger partial charge on any atom is -0.377 e. The molecule has 0 unspecified atom stereocenters. The number of hydrogen-bond acceptors (Lipinski definition) is 4. The molecule has 0 aromatic rings. The molecular weight excluding hydrogens is 180 g/mol. The highest BCUT2D eigenvalue weighted by molar-refractivity contribution is 7.80. The summed E-state index contributed by atoms with van der Waals surface area (Å²) in [5.41, 5.74) is 0. The van der Waals surface area contributed by atoms with Crippen LogP contribution in [0.4, 0.5) is 0 Å². The van der Waals surface area contributed by atoms with Gasteiger partial charge in [0.05, 0.1) is 12.3 Å². The maximum atomic E-state index is 7.04. The fourth-order valence-corrected chi connectivity index (χ4v) is 2.01. The normalized spacial score (nSPS) is 27.5. The van der Waals surface area contributed by atoms with Crippen LogP contribution in [0.2, 0.25) is 6.04 Å². The van der Waals surface area contributed by atoms with Crippen molar-refractivity contribution in [2.24, 2.45) is 0 Å². The molecule has 0 aliphatic rings. The Hall–Kier alpha value is 0.447. The van der Waals surface area contributed by atoms with Crippen LogP contribution in [0.15, 0.2) is 0 Å². The van der Waals surface area contributed by atoms with Crippen molar-refractivity contribution in [3.8, 4) is 0 Å². The van der Waals surface area contributed by atoms with E-state index in [1.54, 1.807) is 0 Å². The fraction of sp³-hybridized carbons (Fsp3) is 1.00. The van der Waals surface area contributed by atoms with Gasteiger partial charge in [-0.25, -0.2) is 0 Å². The molecule has 0 atom stereocenters. The largest absolute Gasteiger partial charge is 0.500 e. The lowest BCUT2D eigenvalue weighted by atomic mass is 10.6. The van der Waals surface area contributed by atoms with E-state index in [4.69, 9.17) is 12.3 Å². The predicted molar refractivity (Wildman–Crippen MR) is 50.1 cm³/mol. The molecule has 0 saturated carbocycles. The lowest BCUT2D eigenvalue weighted by Gasteiger charge is -2.23. The average Bonchev–Trinajstić information content (AvgIpc) is 2.05. The lowest BCUT2D eigenvalue weighted by Crippen LogP contribution is -2.42. The molecule has 0 bridgehead atoms. The third-order valence-electron chi connectivity index (χ3n) is 1.11. The van der Waals surface area contributed by atoms with E-state index < -0.39 is 29.9 Å². The second kappa shape index (κ2) is 6.02. The van der Waals surface area contributed by atoms with Crippen molar-refractivity contribution in [3.05, 3.63) is 0 Å². The number of rotatable bonds is 6. The third kappa shape index (κ3) is 3.57. The molecule has 0 fully saturated rings. The van der Waals surface area contributed by atoms with Crippen molar-refractivity contribution in [2.75, 3.05) is 26.9 Å². The molecule has 3 nitrogen and oxygen atoms in total. The molecule has 5 heteroatoms. The van der Waals surface area contributed by atoms with Crippen LogP contribution in [0, 0.1) is 0 Å². The zero-order valence-corrected chi connectivity index (χ0v) is 7.69. The minimum absolute atomic E-state index is 0.178. The van der Waals surface area contributed by atoms with E-state index in [-0.39, 0.29) is 18.2 Å². The third-order valence-corrected chi connectivity index (χ3v) is 3.32. The van der Waals surface area contributed by atoms with Gasteiger partial charge in [0.1, 0.15) is 0 Å². The van der Waals surface area contributed by atoms with Crippen molar-refractivity contribution in [3.63, 3.8) is 0 Å². The lowest BCUT2D eigenvalue weighted by molar-refractivity contribution is 0.123. The van der Waals surface area contributed by atoms with Gasteiger partial charge in [-0.2, -0.15) is 12.6 Å². The monoisotopic (exact) mass is 205 g/mol. The van der Waals surface area contributed by atoms with Crippen LogP contribution in [0.25, 0.3) is 0 Å². The summed E-state index contributed by atoms with van der Waals surface area (Å²) in [4.78, 5) is 0. The summed E-state index contributed by atoms with van der Waals surface area (Å²) in [7, 11) is -13.6. The maximum Gasteiger partial charge on any atom is 0.500 e. The fourth-order valence-electron chi connectivity index (χ4n) is 0.511. The van der Waals surface area contributed by atoms with Gasteiger partial charge in [0.2, 0.25) is 0 Å². The second-order valence-corrected chi connectivity index (χ2v) is 4.74. The first-order valence-corrected chi connectivity index (χ1v) is 5.46. The van der Waals surface area contributed by atoms with E-state index in [1.807, 2.05) is 0 Å². The van der Waals surface area contributed by atoms with E-state index in [9.17, 15) is 0 Å². The van der Waals surface area contributed by atoms with Crippen LogP contribution in [0.5, 0.6) is 0 Å². The molecule has 0 aliphatic heterocycles. The first-order valence-electron chi connectivity index (χ1n) is 7.39. The molecule has 0 radical (unpaired) electrons. The van der Waals surface area contributed by atoms with Gasteiger partial charge in [-0.3, -0.25) is 0 Å². The highest BCUT2D eigenvalue weighted by atomic mass is 32.1. The van der Waals surface area contributed by atoms with Gasteiger partial charge in [-0.05, 0) is 12.2 Å². The Balaban J connectivity index is 5.38. The van der Waals surface area contributed by atoms with Crippen molar-refractivity contribution < 1.29 is 25.6 Å². The molecular formula is C6H16O3SSi. The molecule has 11 heavy (non-hydrogen) atoms. The van der Waals surface area contributed by atoms with Crippen LogP contribution in [0.3, 0.4) is 0 Å².